The minimum Gasteiger partial charge on any atom is -0.369 e. The van der Waals surface area contributed by atoms with Gasteiger partial charge in [0.1, 0.15) is 0 Å². The fourth-order valence-electron chi connectivity index (χ4n) is 3.04. The summed E-state index contributed by atoms with van der Waals surface area (Å²) < 4.78 is 2.10. The second-order valence-corrected chi connectivity index (χ2v) is 5.57. The van der Waals surface area contributed by atoms with E-state index in [9.17, 15) is 0 Å². The van der Waals surface area contributed by atoms with Crippen LogP contribution in [0.5, 0.6) is 0 Å². The molecule has 0 saturated carbocycles. The Labute approximate surface area is 118 Å². The van der Waals surface area contributed by atoms with Crippen LogP contribution in [-0.4, -0.2) is 33.6 Å². The van der Waals surface area contributed by atoms with Crippen LogP contribution in [-0.2, 0) is 6.54 Å². The fourth-order valence-corrected chi connectivity index (χ4v) is 3.20. The number of aromatic nitrogens is 2. The van der Waals surface area contributed by atoms with Crippen molar-refractivity contribution in [2.75, 3.05) is 18.8 Å². The van der Waals surface area contributed by atoms with Gasteiger partial charge in [0, 0.05) is 17.6 Å². The molecule has 1 fully saturated rings. The normalized spacial score (nSPS) is 20.4. The maximum Gasteiger partial charge on any atom is 0.201 e. The molecule has 1 saturated heterocycles. The van der Waals surface area contributed by atoms with Gasteiger partial charge in [0.2, 0.25) is 5.95 Å². The van der Waals surface area contributed by atoms with Gasteiger partial charge in [-0.15, -0.1) is 0 Å². The summed E-state index contributed by atoms with van der Waals surface area (Å²) in [6.07, 6.45) is 2.50. The predicted molar refractivity (Wildman–Crippen MR) is 79.4 cm³/mol. The molecule has 2 N–H and O–H groups in total. The van der Waals surface area contributed by atoms with Gasteiger partial charge in [-0.1, -0.05) is 18.5 Å². The first-order valence-corrected chi connectivity index (χ1v) is 7.22. The third-order valence-corrected chi connectivity index (χ3v) is 4.27. The Balaban J connectivity index is 1.95. The molecule has 1 unspecified atom stereocenters. The number of rotatable bonds is 3. The number of hydrogen-bond donors (Lipinski definition) is 1. The van der Waals surface area contributed by atoms with E-state index < -0.39 is 0 Å². The Morgan fingerprint density at radius 1 is 1.47 bits per heavy atom. The molecule has 4 nitrogen and oxygen atoms in total. The number of nitrogen functional groups attached to an aromatic ring is 1. The number of halogens is 1. The van der Waals surface area contributed by atoms with Crippen LogP contribution in [0.1, 0.15) is 19.8 Å². The summed E-state index contributed by atoms with van der Waals surface area (Å²) in [4.78, 5) is 6.92. The third kappa shape index (κ3) is 2.30. The van der Waals surface area contributed by atoms with Gasteiger partial charge in [-0.2, -0.15) is 0 Å². The van der Waals surface area contributed by atoms with Crippen molar-refractivity contribution in [2.45, 2.75) is 32.4 Å². The van der Waals surface area contributed by atoms with Crippen molar-refractivity contribution in [3.05, 3.63) is 23.2 Å². The van der Waals surface area contributed by atoms with Crippen molar-refractivity contribution in [1.29, 1.82) is 0 Å². The molecule has 5 heteroatoms. The summed E-state index contributed by atoms with van der Waals surface area (Å²) in [5.74, 6) is 0.584. The smallest absolute Gasteiger partial charge is 0.201 e. The lowest BCUT2D eigenvalue weighted by molar-refractivity contribution is 0.246. The molecule has 102 valence electrons. The van der Waals surface area contributed by atoms with Crippen molar-refractivity contribution >= 4 is 28.6 Å². The molecule has 1 aromatic carbocycles. The zero-order valence-electron chi connectivity index (χ0n) is 11.1. The molecule has 0 spiro atoms. The van der Waals surface area contributed by atoms with Crippen molar-refractivity contribution in [1.82, 2.24) is 14.5 Å². The largest absolute Gasteiger partial charge is 0.369 e. The zero-order chi connectivity index (χ0) is 13.4. The van der Waals surface area contributed by atoms with Gasteiger partial charge < -0.3 is 10.3 Å². The molecule has 1 atom stereocenters. The SMILES string of the molecule is CCN1CCCC1Cn1c(N)nc2ccc(Cl)cc21. The van der Waals surface area contributed by atoms with Crippen LogP contribution >= 0.6 is 11.6 Å². The molecule has 2 heterocycles. The van der Waals surface area contributed by atoms with Crippen molar-refractivity contribution in [2.24, 2.45) is 0 Å². The predicted octanol–water partition coefficient (Wildman–Crippen LogP) is 2.76. The van der Waals surface area contributed by atoms with Gasteiger partial charge >= 0.3 is 0 Å². The Kier molecular flexibility index (Phi) is 3.37. The molecule has 0 radical (unpaired) electrons. The molecule has 0 amide bonds. The summed E-state index contributed by atoms with van der Waals surface area (Å²) >= 11 is 6.08. The summed E-state index contributed by atoms with van der Waals surface area (Å²) in [6, 6.07) is 6.29. The van der Waals surface area contributed by atoms with Crippen LogP contribution in [0.25, 0.3) is 11.0 Å². The number of likely N-dealkylation sites (tertiary alicyclic amines) is 1. The van der Waals surface area contributed by atoms with E-state index in [0.717, 1.165) is 29.1 Å². The number of hydrogen-bond acceptors (Lipinski definition) is 3. The molecular weight excluding hydrogens is 260 g/mol. The highest BCUT2D eigenvalue weighted by Crippen LogP contribution is 2.25. The minimum absolute atomic E-state index is 0.559. The molecule has 1 aliphatic heterocycles. The summed E-state index contributed by atoms with van der Waals surface area (Å²) in [5, 5.41) is 0.729. The average molecular weight is 279 g/mol. The van der Waals surface area contributed by atoms with Crippen LogP contribution in [0.3, 0.4) is 0 Å². The Bertz CT molecular complexity index is 592. The number of anilines is 1. The number of nitrogens with zero attached hydrogens (tertiary/aromatic N) is 3. The van der Waals surface area contributed by atoms with E-state index in [1.165, 1.54) is 19.4 Å². The third-order valence-electron chi connectivity index (χ3n) is 4.04. The molecular formula is C14H19ClN4. The zero-order valence-corrected chi connectivity index (χ0v) is 11.9. The fraction of sp³-hybridized carbons (Fsp3) is 0.500. The van der Waals surface area contributed by atoms with Gasteiger partial charge in [0.15, 0.2) is 0 Å². The maximum atomic E-state index is 6.08. The highest BCUT2D eigenvalue weighted by atomic mass is 35.5. The van der Waals surface area contributed by atoms with Gasteiger partial charge in [0.25, 0.3) is 0 Å². The molecule has 2 aromatic rings. The van der Waals surface area contributed by atoms with E-state index in [4.69, 9.17) is 17.3 Å². The summed E-state index contributed by atoms with van der Waals surface area (Å²) in [6.45, 7) is 5.40. The van der Waals surface area contributed by atoms with E-state index in [0.29, 0.717) is 12.0 Å². The van der Waals surface area contributed by atoms with Crippen molar-refractivity contribution in [3.8, 4) is 0 Å². The quantitative estimate of drug-likeness (QED) is 0.939. The first-order chi connectivity index (χ1) is 9.19. The molecule has 1 aromatic heterocycles. The van der Waals surface area contributed by atoms with E-state index in [-0.39, 0.29) is 0 Å². The Morgan fingerprint density at radius 2 is 2.32 bits per heavy atom. The lowest BCUT2D eigenvalue weighted by Crippen LogP contribution is -2.32. The van der Waals surface area contributed by atoms with Crippen molar-refractivity contribution in [3.63, 3.8) is 0 Å². The lowest BCUT2D eigenvalue weighted by Gasteiger charge is -2.23. The van der Waals surface area contributed by atoms with E-state index >= 15 is 0 Å². The summed E-state index contributed by atoms with van der Waals surface area (Å²) in [5.41, 5.74) is 8.01. The van der Waals surface area contributed by atoms with Crippen LogP contribution in [0.2, 0.25) is 5.02 Å². The number of imidazole rings is 1. The highest BCUT2D eigenvalue weighted by molar-refractivity contribution is 6.31. The number of fused-ring (bicyclic) bond motifs is 1. The molecule has 0 aliphatic carbocycles. The van der Waals surface area contributed by atoms with E-state index in [1.807, 2.05) is 18.2 Å². The Morgan fingerprint density at radius 3 is 3.11 bits per heavy atom. The molecule has 0 bridgehead atoms. The van der Waals surface area contributed by atoms with Gasteiger partial charge in [-0.3, -0.25) is 4.90 Å². The second-order valence-electron chi connectivity index (χ2n) is 5.14. The van der Waals surface area contributed by atoms with E-state index in [2.05, 4.69) is 21.4 Å². The molecule has 3 rings (SSSR count). The number of likely N-dealkylation sites (N-methyl/N-ethyl adjacent to an activating group) is 1. The molecule has 19 heavy (non-hydrogen) atoms. The number of benzene rings is 1. The lowest BCUT2D eigenvalue weighted by atomic mass is 10.2. The van der Waals surface area contributed by atoms with Crippen LogP contribution < -0.4 is 5.73 Å². The van der Waals surface area contributed by atoms with Crippen LogP contribution in [0, 0.1) is 0 Å². The van der Waals surface area contributed by atoms with Crippen molar-refractivity contribution < 1.29 is 0 Å². The first kappa shape index (κ1) is 12.8. The topological polar surface area (TPSA) is 47.1 Å². The highest BCUT2D eigenvalue weighted by Gasteiger charge is 2.24. The monoisotopic (exact) mass is 278 g/mol. The van der Waals surface area contributed by atoms with Crippen LogP contribution in [0.4, 0.5) is 5.95 Å². The van der Waals surface area contributed by atoms with E-state index in [1.54, 1.807) is 0 Å². The minimum atomic E-state index is 0.559. The molecule has 1 aliphatic rings. The average Bonchev–Trinajstić information content (AvgIpc) is 2.96. The Hall–Kier alpha value is -1.26. The van der Waals surface area contributed by atoms with Gasteiger partial charge in [0.05, 0.1) is 11.0 Å². The summed E-state index contributed by atoms with van der Waals surface area (Å²) in [7, 11) is 0. The first-order valence-electron chi connectivity index (χ1n) is 6.84. The van der Waals surface area contributed by atoms with Crippen LogP contribution in [0.15, 0.2) is 18.2 Å². The number of nitrogens with two attached hydrogens (primary N) is 1. The van der Waals surface area contributed by atoms with Gasteiger partial charge in [-0.05, 0) is 44.1 Å². The second kappa shape index (κ2) is 5.02. The standard InChI is InChI=1S/C14H19ClN4/c1-2-18-7-3-4-11(18)9-19-13-8-10(15)5-6-12(13)17-14(19)16/h5-6,8,11H,2-4,7,9H2,1H3,(H2,16,17). The maximum absolute atomic E-state index is 6.08. The van der Waals surface area contributed by atoms with Gasteiger partial charge in [-0.25, -0.2) is 4.98 Å².